The van der Waals surface area contributed by atoms with E-state index in [1.54, 1.807) is 23.5 Å². The summed E-state index contributed by atoms with van der Waals surface area (Å²) in [5.41, 5.74) is -0.922. The molecule has 2 unspecified atom stereocenters. The van der Waals surface area contributed by atoms with Crippen LogP contribution in [-0.2, 0) is 19.1 Å². The number of rotatable bonds is 8. The molecule has 4 nitrogen and oxygen atoms in total. The van der Waals surface area contributed by atoms with Crippen LogP contribution in [0.15, 0.2) is 68.1 Å². The van der Waals surface area contributed by atoms with Crippen LogP contribution in [0.25, 0.3) is 0 Å². The standard InChI is InChI=1S/C22H34O4S2.C6H6S2/c1-15(19(23)25-21(3,4)5)13-27-17-10-9-11-18(12-17)28-14-16(2)20(24)26-22(6,7)8;7-5-2-1-3-6(8)4-5/h9-12,15-16H,13-14H2,1-8H3;1-4,7-8H. The first kappa shape index (κ1) is 32.8. The molecule has 0 N–H and O–H groups in total. The quantitative estimate of drug-likeness (QED) is 0.191. The summed E-state index contributed by atoms with van der Waals surface area (Å²) in [5, 5.41) is 0. The number of hydrogen-bond acceptors (Lipinski definition) is 8. The highest BCUT2D eigenvalue weighted by Gasteiger charge is 2.23. The van der Waals surface area contributed by atoms with E-state index < -0.39 is 11.2 Å². The molecule has 0 saturated carbocycles. The molecule has 2 aromatic carbocycles. The summed E-state index contributed by atoms with van der Waals surface area (Å²) in [6, 6.07) is 15.8. The summed E-state index contributed by atoms with van der Waals surface area (Å²) in [6.07, 6.45) is 0. The van der Waals surface area contributed by atoms with Gasteiger partial charge in [0.1, 0.15) is 11.2 Å². The Labute approximate surface area is 236 Å². The van der Waals surface area contributed by atoms with Crippen LogP contribution in [0.4, 0.5) is 0 Å². The van der Waals surface area contributed by atoms with Gasteiger partial charge in [-0.2, -0.15) is 0 Å². The fourth-order valence-electron chi connectivity index (χ4n) is 2.53. The Morgan fingerprint density at radius 2 is 1.08 bits per heavy atom. The van der Waals surface area contributed by atoms with E-state index >= 15 is 0 Å². The predicted molar refractivity (Wildman–Crippen MR) is 159 cm³/mol. The first-order valence-corrected chi connectivity index (χ1v) is 14.7. The van der Waals surface area contributed by atoms with E-state index in [0.29, 0.717) is 11.5 Å². The van der Waals surface area contributed by atoms with Gasteiger partial charge in [-0.25, -0.2) is 0 Å². The minimum Gasteiger partial charge on any atom is -0.460 e. The predicted octanol–water partition coefficient (Wildman–Crippen LogP) is 8.09. The van der Waals surface area contributed by atoms with E-state index in [1.807, 2.05) is 97.9 Å². The molecule has 2 rings (SSSR count). The van der Waals surface area contributed by atoms with Gasteiger partial charge in [-0.15, -0.1) is 48.8 Å². The third-order valence-electron chi connectivity index (χ3n) is 4.25. The molecule has 0 saturated heterocycles. The number of carbonyl (C=O) groups is 2. The average Bonchev–Trinajstić information content (AvgIpc) is 2.74. The minimum atomic E-state index is -0.461. The molecule has 0 aliphatic rings. The molecule has 0 aliphatic carbocycles. The number of thiol groups is 2. The molecule has 200 valence electrons. The van der Waals surface area contributed by atoms with Gasteiger partial charge in [0.15, 0.2) is 0 Å². The van der Waals surface area contributed by atoms with E-state index in [2.05, 4.69) is 31.3 Å². The summed E-state index contributed by atoms with van der Waals surface area (Å²) >= 11 is 11.5. The highest BCUT2D eigenvalue weighted by Crippen LogP contribution is 2.28. The van der Waals surface area contributed by atoms with E-state index in [-0.39, 0.29) is 23.8 Å². The SMILES string of the molecule is CC(CSc1cccc(SCC(C)C(=O)OC(C)(C)C)c1)C(=O)OC(C)(C)C.Sc1cccc(S)c1. The molecule has 2 atom stereocenters. The van der Waals surface area contributed by atoms with Crippen LogP contribution >= 0.6 is 48.8 Å². The Morgan fingerprint density at radius 3 is 1.39 bits per heavy atom. The molecule has 0 spiro atoms. The molecule has 36 heavy (non-hydrogen) atoms. The molecule has 0 amide bonds. The maximum atomic E-state index is 12.1. The second kappa shape index (κ2) is 15.3. The zero-order valence-electron chi connectivity index (χ0n) is 22.5. The van der Waals surface area contributed by atoms with Crippen molar-refractivity contribution in [1.82, 2.24) is 0 Å². The van der Waals surface area contributed by atoms with Crippen molar-refractivity contribution < 1.29 is 19.1 Å². The van der Waals surface area contributed by atoms with E-state index in [1.165, 1.54) is 0 Å². The van der Waals surface area contributed by atoms with Crippen molar-refractivity contribution in [3.05, 3.63) is 48.5 Å². The highest BCUT2D eigenvalue weighted by atomic mass is 32.2. The monoisotopic (exact) mass is 568 g/mol. The first-order chi connectivity index (χ1) is 16.6. The van der Waals surface area contributed by atoms with Crippen LogP contribution in [0.3, 0.4) is 0 Å². The summed E-state index contributed by atoms with van der Waals surface area (Å²) in [6.45, 7) is 15.1. The third-order valence-corrected chi connectivity index (χ3v) is 7.32. The maximum Gasteiger partial charge on any atom is 0.310 e. The molecular weight excluding hydrogens is 529 g/mol. The minimum absolute atomic E-state index is 0.170. The maximum absolute atomic E-state index is 12.1. The third kappa shape index (κ3) is 15.1. The zero-order chi connectivity index (χ0) is 27.5. The molecule has 8 heteroatoms. The highest BCUT2D eigenvalue weighted by molar-refractivity contribution is 8.00. The van der Waals surface area contributed by atoms with Crippen LogP contribution in [0.2, 0.25) is 0 Å². The summed E-state index contributed by atoms with van der Waals surface area (Å²) in [7, 11) is 0. The van der Waals surface area contributed by atoms with Gasteiger partial charge in [0.25, 0.3) is 0 Å². The molecule has 0 aliphatic heterocycles. The number of carbonyl (C=O) groups excluding carboxylic acids is 2. The molecule has 0 bridgehead atoms. The first-order valence-electron chi connectivity index (χ1n) is 11.8. The van der Waals surface area contributed by atoms with Gasteiger partial charge in [0, 0.05) is 31.1 Å². The van der Waals surface area contributed by atoms with Gasteiger partial charge in [-0.05, 0) is 77.9 Å². The molecular formula is C28H40O4S4. The average molecular weight is 569 g/mol. The number of thioether (sulfide) groups is 2. The number of benzene rings is 2. The van der Waals surface area contributed by atoms with Crippen molar-refractivity contribution in [3.8, 4) is 0 Å². The van der Waals surface area contributed by atoms with E-state index in [9.17, 15) is 9.59 Å². The second-order valence-corrected chi connectivity index (χ2v) is 13.7. The smallest absolute Gasteiger partial charge is 0.310 e. The molecule has 0 heterocycles. The number of hydrogen-bond donors (Lipinski definition) is 2. The fraction of sp³-hybridized carbons (Fsp3) is 0.500. The van der Waals surface area contributed by atoms with E-state index in [4.69, 9.17) is 9.47 Å². The van der Waals surface area contributed by atoms with Gasteiger partial charge in [-0.3, -0.25) is 9.59 Å². The largest absolute Gasteiger partial charge is 0.460 e. The summed E-state index contributed by atoms with van der Waals surface area (Å²) < 4.78 is 10.9. The number of ether oxygens (including phenoxy) is 2. The zero-order valence-corrected chi connectivity index (χ0v) is 26.0. The van der Waals surface area contributed by atoms with Gasteiger partial charge in [-0.1, -0.05) is 26.0 Å². The van der Waals surface area contributed by atoms with Crippen LogP contribution in [0, 0.1) is 11.8 Å². The van der Waals surface area contributed by atoms with Crippen LogP contribution in [0.1, 0.15) is 55.4 Å². The van der Waals surface area contributed by atoms with Crippen molar-refractivity contribution in [3.63, 3.8) is 0 Å². The summed E-state index contributed by atoms with van der Waals surface area (Å²) in [5.74, 6) is 0.642. The van der Waals surface area contributed by atoms with Crippen molar-refractivity contribution in [2.45, 2.75) is 86.2 Å². The Bertz CT molecular complexity index is 910. The van der Waals surface area contributed by atoms with Gasteiger partial charge >= 0.3 is 11.9 Å². The molecule has 0 fully saturated rings. The Hall–Kier alpha value is -1.22. The Balaban J connectivity index is 0.000000681. The lowest BCUT2D eigenvalue weighted by Gasteiger charge is -2.22. The van der Waals surface area contributed by atoms with Crippen molar-refractivity contribution in [2.75, 3.05) is 11.5 Å². The van der Waals surface area contributed by atoms with Gasteiger partial charge in [0.2, 0.25) is 0 Å². The lowest BCUT2D eigenvalue weighted by molar-refractivity contribution is -0.159. The molecule has 0 aromatic heterocycles. The van der Waals surface area contributed by atoms with E-state index in [0.717, 1.165) is 19.6 Å². The van der Waals surface area contributed by atoms with Crippen molar-refractivity contribution in [1.29, 1.82) is 0 Å². The normalized spacial score (nSPS) is 13.2. The topological polar surface area (TPSA) is 52.6 Å². The van der Waals surface area contributed by atoms with Crippen LogP contribution < -0.4 is 0 Å². The Morgan fingerprint density at radius 1 is 0.722 bits per heavy atom. The number of esters is 2. The molecule has 0 radical (unpaired) electrons. The van der Waals surface area contributed by atoms with Crippen LogP contribution in [-0.4, -0.2) is 34.6 Å². The van der Waals surface area contributed by atoms with Crippen LogP contribution in [0.5, 0.6) is 0 Å². The van der Waals surface area contributed by atoms with Crippen molar-refractivity contribution >= 4 is 60.7 Å². The molecule has 2 aromatic rings. The lowest BCUT2D eigenvalue weighted by Crippen LogP contribution is -2.28. The second-order valence-electron chi connectivity index (χ2n) is 10.5. The lowest BCUT2D eigenvalue weighted by atomic mass is 10.1. The fourth-order valence-corrected chi connectivity index (χ4v) is 5.08. The van der Waals surface area contributed by atoms with Crippen molar-refractivity contribution in [2.24, 2.45) is 11.8 Å². The van der Waals surface area contributed by atoms with Gasteiger partial charge < -0.3 is 9.47 Å². The van der Waals surface area contributed by atoms with Gasteiger partial charge in [0.05, 0.1) is 11.8 Å². The summed E-state index contributed by atoms with van der Waals surface area (Å²) in [4.78, 5) is 28.3. The Kier molecular flexibility index (Phi) is 13.9.